The van der Waals surface area contributed by atoms with Gasteiger partial charge in [-0.3, -0.25) is 18.6 Å². The van der Waals surface area contributed by atoms with Gasteiger partial charge in [0.1, 0.15) is 0 Å². The highest BCUT2D eigenvalue weighted by molar-refractivity contribution is 5.80. The normalized spacial score (nSPS) is 12.7. The molecule has 4 aromatic rings. The monoisotopic (exact) mass is 379 g/mol. The number of benzene rings is 1. The van der Waals surface area contributed by atoms with Gasteiger partial charge in [-0.2, -0.15) is 4.98 Å². The molecule has 8 nitrogen and oxygen atoms in total. The van der Waals surface area contributed by atoms with Crippen LogP contribution in [0.15, 0.2) is 46.1 Å². The van der Waals surface area contributed by atoms with Gasteiger partial charge in [0, 0.05) is 18.9 Å². The van der Waals surface area contributed by atoms with E-state index in [9.17, 15) is 14.4 Å². The molecule has 8 heteroatoms. The lowest BCUT2D eigenvalue weighted by Gasteiger charge is -2.12. The van der Waals surface area contributed by atoms with Crippen LogP contribution in [0, 0.1) is 6.92 Å². The Morgan fingerprint density at radius 2 is 1.86 bits per heavy atom. The first kappa shape index (κ1) is 18.0. The van der Waals surface area contributed by atoms with E-state index in [0.717, 1.165) is 15.8 Å². The van der Waals surface area contributed by atoms with Crippen molar-refractivity contribution in [1.29, 1.82) is 0 Å². The molecule has 28 heavy (non-hydrogen) atoms. The molecule has 0 bridgehead atoms. The average Bonchev–Trinajstić information content (AvgIpc) is 3.17. The van der Waals surface area contributed by atoms with E-state index >= 15 is 0 Å². The summed E-state index contributed by atoms with van der Waals surface area (Å²) in [5.74, 6) is 0.328. The lowest BCUT2D eigenvalue weighted by atomic mass is 10.2. The highest BCUT2D eigenvalue weighted by atomic mass is 16.2. The summed E-state index contributed by atoms with van der Waals surface area (Å²) in [5.41, 5.74) is 1.58. The maximum atomic E-state index is 13.1. The van der Waals surface area contributed by atoms with Crippen LogP contribution in [-0.2, 0) is 18.4 Å². The van der Waals surface area contributed by atoms with Crippen molar-refractivity contribution in [2.24, 2.45) is 7.05 Å². The summed E-state index contributed by atoms with van der Waals surface area (Å²) >= 11 is 0. The van der Waals surface area contributed by atoms with Crippen LogP contribution in [0.3, 0.4) is 0 Å². The van der Waals surface area contributed by atoms with Crippen molar-refractivity contribution < 1.29 is 4.79 Å². The van der Waals surface area contributed by atoms with E-state index in [2.05, 4.69) is 4.98 Å². The number of Topliss-reactive ketones (excluding diaryl/α,β-unsaturated/α-hetero) is 1. The maximum absolute atomic E-state index is 13.1. The Morgan fingerprint density at radius 3 is 2.50 bits per heavy atom. The molecule has 144 valence electrons. The van der Waals surface area contributed by atoms with Crippen LogP contribution < -0.4 is 11.2 Å². The predicted molar refractivity (Wildman–Crippen MR) is 106 cm³/mol. The number of aromatic nitrogens is 5. The zero-order valence-corrected chi connectivity index (χ0v) is 16.2. The summed E-state index contributed by atoms with van der Waals surface area (Å²) in [7, 11) is 1.56. The van der Waals surface area contributed by atoms with Gasteiger partial charge in [0.05, 0.1) is 12.6 Å². The zero-order valence-electron chi connectivity index (χ0n) is 16.2. The van der Waals surface area contributed by atoms with Crippen LogP contribution in [0.4, 0.5) is 0 Å². The van der Waals surface area contributed by atoms with Crippen LogP contribution in [-0.4, -0.2) is 28.9 Å². The Morgan fingerprint density at radius 1 is 1.18 bits per heavy atom. The van der Waals surface area contributed by atoms with Crippen molar-refractivity contribution >= 4 is 22.7 Å². The molecule has 1 atom stereocenters. The number of carbonyl (C=O) groups excluding carboxylic acids is 1. The molecule has 0 aliphatic rings. The van der Waals surface area contributed by atoms with Crippen molar-refractivity contribution in [3.8, 4) is 0 Å². The second kappa shape index (κ2) is 6.33. The minimum absolute atomic E-state index is 0.253. The van der Waals surface area contributed by atoms with Crippen molar-refractivity contribution in [1.82, 2.24) is 23.1 Å². The number of hydrogen-bond donors (Lipinski definition) is 0. The van der Waals surface area contributed by atoms with Crippen molar-refractivity contribution in [3.05, 3.63) is 68.6 Å². The summed E-state index contributed by atoms with van der Waals surface area (Å²) in [6.45, 7) is 5.47. The number of hydrogen-bond acceptors (Lipinski definition) is 4. The number of fused-ring (bicyclic) bond motifs is 3. The number of ketones is 1. The Hall–Kier alpha value is -3.42. The molecule has 0 unspecified atom stereocenters. The molecule has 0 saturated heterocycles. The van der Waals surface area contributed by atoms with Crippen LogP contribution in [0.1, 0.15) is 31.1 Å². The number of imidazole rings is 2. The summed E-state index contributed by atoms with van der Waals surface area (Å²) in [6.07, 6.45) is 1.84. The van der Waals surface area contributed by atoms with Gasteiger partial charge >= 0.3 is 5.69 Å². The first-order valence-corrected chi connectivity index (χ1v) is 9.05. The molecule has 0 fully saturated rings. The fraction of sp³-hybridized carbons (Fsp3) is 0.300. The largest absolute Gasteiger partial charge is 0.333 e. The van der Waals surface area contributed by atoms with Crippen molar-refractivity contribution in [2.75, 3.05) is 0 Å². The second-order valence-electron chi connectivity index (χ2n) is 7.10. The minimum Gasteiger partial charge on any atom is -0.310 e. The SMILES string of the molecule is CC(=O)[C@H](C)n1c(=O)c2c(nc3n(Cc4ccccc4)c(C)cn23)n(C)c1=O. The topological polar surface area (TPSA) is 83.3 Å². The minimum atomic E-state index is -0.839. The van der Waals surface area contributed by atoms with E-state index in [0.29, 0.717) is 23.5 Å². The number of carbonyl (C=O) groups is 1. The molecular weight excluding hydrogens is 358 g/mol. The van der Waals surface area contributed by atoms with Crippen LogP contribution in [0.25, 0.3) is 16.9 Å². The van der Waals surface area contributed by atoms with E-state index in [1.54, 1.807) is 18.4 Å². The Balaban J connectivity index is 2.04. The van der Waals surface area contributed by atoms with E-state index in [1.807, 2.05) is 48.0 Å². The highest BCUT2D eigenvalue weighted by Crippen LogP contribution is 2.18. The summed E-state index contributed by atoms with van der Waals surface area (Å²) in [5, 5.41) is 0. The Labute approximate surface area is 160 Å². The van der Waals surface area contributed by atoms with E-state index in [1.165, 1.54) is 11.5 Å². The molecule has 0 aliphatic heterocycles. The first-order chi connectivity index (χ1) is 13.3. The van der Waals surface area contributed by atoms with Crippen LogP contribution >= 0.6 is 0 Å². The smallest absolute Gasteiger partial charge is 0.310 e. The van der Waals surface area contributed by atoms with Crippen LogP contribution in [0.2, 0.25) is 0 Å². The third-order valence-corrected chi connectivity index (χ3v) is 5.25. The molecule has 0 radical (unpaired) electrons. The highest BCUT2D eigenvalue weighted by Gasteiger charge is 2.23. The molecule has 0 N–H and O–H groups in total. The third kappa shape index (κ3) is 2.52. The van der Waals surface area contributed by atoms with Gasteiger partial charge in [-0.05, 0) is 26.3 Å². The van der Waals surface area contributed by atoms with Gasteiger partial charge < -0.3 is 4.57 Å². The Kier molecular flexibility index (Phi) is 4.06. The molecule has 0 spiro atoms. The van der Waals surface area contributed by atoms with Crippen molar-refractivity contribution in [3.63, 3.8) is 0 Å². The molecular formula is C20H21N5O3. The van der Waals surface area contributed by atoms with Gasteiger partial charge in [-0.25, -0.2) is 9.36 Å². The van der Waals surface area contributed by atoms with Gasteiger partial charge in [0.2, 0.25) is 5.78 Å². The molecule has 1 aromatic carbocycles. The van der Waals surface area contributed by atoms with E-state index < -0.39 is 17.3 Å². The van der Waals surface area contributed by atoms with Gasteiger partial charge in [-0.15, -0.1) is 0 Å². The summed E-state index contributed by atoms with van der Waals surface area (Å²) < 4.78 is 6.03. The standard InChI is InChI=1S/C20H21N5O3/c1-12-10-24-16-17(21-19(24)23(12)11-15-8-6-5-7-9-15)22(4)20(28)25(18(16)27)13(2)14(3)26/h5-10,13H,11H2,1-4H3/t13-/m0/s1. The van der Waals surface area contributed by atoms with Gasteiger partial charge in [0.15, 0.2) is 16.9 Å². The molecule has 3 heterocycles. The Bertz CT molecular complexity index is 1340. The van der Waals surface area contributed by atoms with Crippen molar-refractivity contribution in [2.45, 2.75) is 33.4 Å². The zero-order chi connectivity index (χ0) is 20.2. The molecule has 0 aliphatic carbocycles. The molecule has 4 rings (SSSR count). The maximum Gasteiger partial charge on any atom is 0.333 e. The van der Waals surface area contributed by atoms with E-state index in [4.69, 9.17) is 0 Å². The summed E-state index contributed by atoms with van der Waals surface area (Å²) in [6, 6.07) is 9.11. The second-order valence-corrected chi connectivity index (χ2v) is 7.10. The number of aryl methyl sites for hydroxylation is 2. The van der Waals surface area contributed by atoms with Crippen LogP contribution in [0.5, 0.6) is 0 Å². The van der Waals surface area contributed by atoms with E-state index in [-0.39, 0.29) is 5.78 Å². The molecule has 0 amide bonds. The third-order valence-electron chi connectivity index (χ3n) is 5.25. The first-order valence-electron chi connectivity index (χ1n) is 9.05. The summed E-state index contributed by atoms with van der Waals surface area (Å²) in [4.78, 5) is 42.3. The number of rotatable bonds is 4. The average molecular weight is 379 g/mol. The predicted octanol–water partition coefficient (Wildman–Crippen LogP) is 1.66. The lowest BCUT2D eigenvalue weighted by Crippen LogP contribution is -2.42. The lowest BCUT2D eigenvalue weighted by molar-refractivity contribution is -0.119. The number of nitrogens with zero attached hydrogens (tertiary/aromatic N) is 5. The quantitative estimate of drug-likeness (QED) is 0.540. The van der Waals surface area contributed by atoms with Gasteiger partial charge in [-0.1, -0.05) is 30.3 Å². The fourth-order valence-electron chi connectivity index (χ4n) is 3.51. The van der Waals surface area contributed by atoms with Gasteiger partial charge in [0.25, 0.3) is 5.56 Å². The molecule has 0 saturated carbocycles. The molecule has 3 aromatic heterocycles. The fourth-order valence-corrected chi connectivity index (χ4v) is 3.51.